The van der Waals surface area contributed by atoms with Crippen LogP contribution in [0.25, 0.3) is 5.95 Å². The van der Waals surface area contributed by atoms with Crippen LogP contribution in [0.3, 0.4) is 0 Å². The van der Waals surface area contributed by atoms with Gasteiger partial charge in [0.1, 0.15) is 0 Å². The Morgan fingerprint density at radius 1 is 1.10 bits per heavy atom. The SMILES string of the molecule is CC(=O)c1cnn(-c2ncccn2)c1Cc1ccccc1. The average Bonchev–Trinajstić information content (AvgIpc) is 2.93. The molecule has 0 bridgehead atoms. The number of hydrogen-bond donors (Lipinski definition) is 0. The number of ketones is 1. The predicted octanol–water partition coefficient (Wildman–Crippen LogP) is 2.46. The summed E-state index contributed by atoms with van der Waals surface area (Å²) in [6.45, 7) is 1.54. The molecule has 0 radical (unpaired) electrons. The van der Waals surface area contributed by atoms with Gasteiger partial charge in [0.25, 0.3) is 5.95 Å². The van der Waals surface area contributed by atoms with E-state index in [1.165, 1.54) is 0 Å². The monoisotopic (exact) mass is 278 g/mol. The van der Waals surface area contributed by atoms with Gasteiger partial charge >= 0.3 is 0 Å². The average molecular weight is 278 g/mol. The Balaban J connectivity index is 2.08. The van der Waals surface area contributed by atoms with E-state index in [2.05, 4.69) is 15.1 Å². The van der Waals surface area contributed by atoms with Crippen molar-refractivity contribution in [3.8, 4) is 5.95 Å². The summed E-state index contributed by atoms with van der Waals surface area (Å²) < 4.78 is 1.63. The highest BCUT2D eigenvalue weighted by atomic mass is 16.1. The lowest BCUT2D eigenvalue weighted by Crippen LogP contribution is -2.09. The fourth-order valence-corrected chi connectivity index (χ4v) is 2.20. The van der Waals surface area contributed by atoms with Gasteiger partial charge in [-0.2, -0.15) is 5.10 Å². The second-order valence-corrected chi connectivity index (χ2v) is 4.68. The summed E-state index contributed by atoms with van der Waals surface area (Å²) >= 11 is 0. The number of rotatable bonds is 4. The van der Waals surface area contributed by atoms with E-state index in [0.29, 0.717) is 17.9 Å². The molecule has 2 heterocycles. The lowest BCUT2D eigenvalue weighted by atomic mass is 10.1. The number of benzene rings is 1. The molecule has 0 atom stereocenters. The number of hydrogen-bond acceptors (Lipinski definition) is 4. The molecule has 0 fully saturated rings. The Kier molecular flexibility index (Phi) is 3.55. The van der Waals surface area contributed by atoms with Crippen molar-refractivity contribution in [1.29, 1.82) is 0 Å². The summed E-state index contributed by atoms with van der Waals surface area (Å²) in [6.07, 6.45) is 5.50. The Morgan fingerprint density at radius 2 is 1.81 bits per heavy atom. The number of nitrogens with zero attached hydrogens (tertiary/aromatic N) is 4. The summed E-state index contributed by atoms with van der Waals surface area (Å²) in [5.74, 6) is 0.457. The first kappa shape index (κ1) is 13.2. The molecule has 0 aliphatic carbocycles. The minimum atomic E-state index is -0.0110. The smallest absolute Gasteiger partial charge is 0.250 e. The lowest BCUT2D eigenvalue weighted by Gasteiger charge is -2.07. The first-order valence-electron chi connectivity index (χ1n) is 6.65. The summed E-state index contributed by atoms with van der Waals surface area (Å²) in [5.41, 5.74) is 2.52. The number of Topliss-reactive ketones (excluding diaryl/α,β-unsaturated/α-hetero) is 1. The van der Waals surface area contributed by atoms with Gasteiger partial charge in [-0.15, -0.1) is 0 Å². The maximum Gasteiger partial charge on any atom is 0.250 e. The van der Waals surface area contributed by atoms with Crippen molar-refractivity contribution in [2.45, 2.75) is 13.3 Å². The van der Waals surface area contributed by atoms with E-state index >= 15 is 0 Å². The minimum absolute atomic E-state index is 0.0110. The van der Waals surface area contributed by atoms with Crippen LogP contribution in [0.15, 0.2) is 55.0 Å². The predicted molar refractivity (Wildman–Crippen MR) is 78.4 cm³/mol. The largest absolute Gasteiger partial charge is 0.294 e. The van der Waals surface area contributed by atoms with Gasteiger partial charge in [-0.3, -0.25) is 4.79 Å². The molecular weight excluding hydrogens is 264 g/mol. The maximum absolute atomic E-state index is 11.8. The molecular formula is C16H14N4O. The fourth-order valence-electron chi connectivity index (χ4n) is 2.20. The maximum atomic E-state index is 11.8. The van der Waals surface area contributed by atoms with E-state index in [0.717, 1.165) is 11.3 Å². The molecule has 104 valence electrons. The summed E-state index contributed by atoms with van der Waals surface area (Å²) in [6, 6.07) is 11.7. The number of carbonyl (C=O) groups is 1. The molecule has 21 heavy (non-hydrogen) atoms. The zero-order valence-electron chi connectivity index (χ0n) is 11.6. The Labute approximate surface area is 122 Å². The van der Waals surface area contributed by atoms with E-state index in [9.17, 15) is 4.79 Å². The first-order chi connectivity index (χ1) is 10.3. The van der Waals surface area contributed by atoms with Crippen molar-refractivity contribution < 1.29 is 4.79 Å². The van der Waals surface area contributed by atoms with Crippen molar-refractivity contribution >= 4 is 5.78 Å². The van der Waals surface area contributed by atoms with Crippen LogP contribution in [-0.4, -0.2) is 25.5 Å². The van der Waals surface area contributed by atoms with Crippen molar-refractivity contribution in [1.82, 2.24) is 19.7 Å². The van der Waals surface area contributed by atoms with Gasteiger partial charge in [-0.25, -0.2) is 14.6 Å². The molecule has 5 nitrogen and oxygen atoms in total. The molecule has 0 N–H and O–H groups in total. The summed E-state index contributed by atoms with van der Waals surface area (Å²) in [7, 11) is 0. The lowest BCUT2D eigenvalue weighted by molar-refractivity contribution is 0.101. The molecule has 1 aromatic carbocycles. The van der Waals surface area contributed by atoms with Crippen LogP contribution >= 0.6 is 0 Å². The molecule has 0 saturated heterocycles. The molecule has 3 rings (SSSR count). The van der Waals surface area contributed by atoms with Crippen molar-refractivity contribution in [2.24, 2.45) is 0 Å². The third kappa shape index (κ3) is 2.72. The molecule has 2 aromatic heterocycles. The van der Waals surface area contributed by atoms with E-state index < -0.39 is 0 Å². The van der Waals surface area contributed by atoms with Crippen LogP contribution < -0.4 is 0 Å². The van der Waals surface area contributed by atoms with Crippen LogP contribution in [0, 0.1) is 0 Å². The molecule has 0 saturated carbocycles. The fraction of sp³-hybridized carbons (Fsp3) is 0.125. The Bertz CT molecular complexity index is 750. The third-order valence-corrected chi connectivity index (χ3v) is 3.20. The van der Waals surface area contributed by atoms with E-state index in [-0.39, 0.29) is 5.78 Å². The first-order valence-corrected chi connectivity index (χ1v) is 6.65. The van der Waals surface area contributed by atoms with Crippen LogP contribution in [0.2, 0.25) is 0 Å². The second kappa shape index (κ2) is 5.66. The molecule has 5 heteroatoms. The van der Waals surface area contributed by atoms with Crippen molar-refractivity contribution in [2.75, 3.05) is 0 Å². The van der Waals surface area contributed by atoms with E-state index in [4.69, 9.17) is 0 Å². The second-order valence-electron chi connectivity index (χ2n) is 4.68. The number of carbonyl (C=O) groups excluding carboxylic acids is 1. The standard InChI is InChI=1S/C16H14N4O/c1-12(21)14-11-19-20(16-17-8-5-9-18-16)15(14)10-13-6-3-2-4-7-13/h2-9,11H,10H2,1H3. The van der Waals surface area contributed by atoms with E-state index in [1.807, 2.05) is 30.3 Å². The van der Waals surface area contributed by atoms with Gasteiger partial charge in [0, 0.05) is 18.8 Å². The topological polar surface area (TPSA) is 60.7 Å². The molecule has 3 aromatic rings. The normalized spacial score (nSPS) is 10.5. The highest BCUT2D eigenvalue weighted by Crippen LogP contribution is 2.17. The van der Waals surface area contributed by atoms with E-state index in [1.54, 1.807) is 36.3 Å². The van der Waals surface area contributed by atoms with Gasteiger partial charge < -0.3 is 0 Å². The number of aromatic nitrogens is 4. The molecule has 0 aliphatic heterocycles. The van der Waals surface area contributed by atoms with Crippen LogP contribution in [0.1, 0.15) is 28.5 Å². The quantitative estimate of drug-likeness (QED) is 0.688. The minimum Gasteiger partial charge on any atom is -0.294 e. The Morgan fingerprint density at radius 3 is 2.48 bits per heavy atom. The highest BCUT2D eigenvalue weighted by molar-refractivity contribution is 5.95. The highest BCUT2D eigenvalue weighted by Gasteiger charge is 2.17. The van der Waals surface area contributed by atoms with Gasteiger partial charge in [0.05, 0.1) is 17.5 Å². The van der Waals surface area contributed by atoms with Gasteiger partial charge in [0.2, 0.25) is 0 Å². The molecule has 0 unspecified atom stereocenters. The van der Waals surface area contributed by atoms with Crippen LogP contribution in [-0.2, 0) is 6.42 Å². The van der Waals surface area contributed by atoms with Crippen LogP contribution in [0.5, 0.6) is 0 Å². The van der Waals surface area contributed by atoms with Gasteiger partial charge in [-0.1, -0.05) is 30.3 Å². The molecule has 0 amide bonds. The molecule has 0 spiro atoms. The third-order valence-electron chi connectivity index (χ3n) is 3.20. The van der Waals surface area contributed by atoms with Gasteiger partial charge in [0.15, 0.2) is 5.78 Å². The Hall–Kier alpha value is -2.82. The summed E-state index contributed by atoms with van der Waals surface area (Å²) in [5, 5.41) is 4.27. The molecule has 0 aliphatic rings. The zero-order chi connectivity index (χ0) is 14.7. The summed E-state index contributed by atoms with van der Waals surface area (Å²) in [4.78, 5) is 20.2. The van der Waals surface area contributed by atoms with Gasteiger partial charge in [-0.05, 0) is 18.6 Å². The van der Waals surface area contributed by atoms with Crippen molar-refractivity contribution in [3.05, 3.63) is 71.8 Å². The zero-order valence-corrected chi connectivity index (χ0v) is 11.6. The van der Waals surface area contributed by atoms with Crippen LogP contribution in [0.4, 0.5) is 0 Å². The van der Waals surface area contributed by atoms with Crippen molar-refractivity contribution in [3.63, 3.8) is 0 Å².